The van der Waals surface area contributed by atoms with Gasteiger partial charge in [-0.05, 0) is 118 Å². The molecule has 10 aromatic carbocycles. The number of halogens is 4. The molecule has 0 N–H and O–H groups in total. The third kappa shape index (κ3) is 4.05. The topological polar surface area (TPSA) is 0 Å². The van der Waals surface area contributed by atoms with E-state index < -0.39 is 0 Å². The predicted molar refractivity (Wildman–Crippen MR) is 199 cm³/mol. The lowest BCUT2D eigenvalue weighted by Gasteiger charge is -2.21. The molecule has 0 saturated carbocycles. The maximum atomic E-state index is 16.1. The first-order chi connectivity index (χ1) is 24.5. The summed E-state index contributed by atoms with van der Waals surface area (Å²) in [6.07, 6.45) is 0. The number of benzene rings is 10. The number of hydrogen-bond acceptors (Lipinski definition) is 0. The van der Waals surface area contributed by atoms with Crippen LogP contribution in [0.1, 0.15) is 0 Å². The Kier molecular flexibility index (Phi) is 6.10. The van der Waals surface area contributed by atoms with E-state index in [0.29, 0.717) is 16.2 Å². The molecule has 0 fully saturated rings. The molecule has 0 heterocycles. The van der Waals surface area contributed by atoms with Crippen molar-refractivity contribution in [3.8, 4) is 33.4 Å². The van der Waals surface area contributed by atoms with Crippen LogP contribution in [0.25, 0.3) is 98.0 Å². The molecule has 0 saturated heterocycles. The Morgan fingerprint density at radius 3 is 1.64 bits per heavy atom. The molecular formula is C46H24F4. The van der Waals surface area contributed by atoms with Crippen LogP contribution < -0.4 is 0 Å². The van der Waals surface area contributed by atoms with Gasteiger partial charge in [0.15, 0.2) is 0 Å². The molecule has 0 bridgehead atoms. The fraction of sp³-hybridized carbons (Fsp3) is 0. The molecule has 50 heavy (non-hydrogen) atoms. The highest BCUT2D eigenvalue weighted by Gasteiger charge is 2.23. The van der Waals surface area contributed by atoms with Crippen molar-refractivity contribution in [1.29, 1.82) is 0 Å². The lowest BCUT2D eigenvalue weighted by Crippen LogP contribution is -1.95. The zero-order valence-electron chi connectivity index (χ0n) is 26.4. The summed E-state index contributed by atoms with van der Waals surface area (Å²) in [5.74, 6) is -1.37. The van der Waals surface area contributed by atoms with E-state index in [9.17, 15) is 4.39 Å². The number of hydrogen-bond donors (Lipinski definition) is 0. The van der Waals surface area contributed by atoms with Crippen LogP contribution in [0.2, 0.25) is 0 Å². The van der Waals surface area contributed by atoms with E-state index in [4.69, 9.17) is 0 Å². The molecule has 0 unspecified atom stereocenters. The third-order valence-electron chi connectivity index (χ3n) is 10.3. The van der Waals surface area contributed by atoms with Crippen molar-refractivity contribution in [1.82, 2.24) is 0 Å². The Labute approximate surface area is 283 Å². The zero-order valence-corrected chi connectivity index (χ0v) is 26.4. The van der Waals surface area contributed by atoms with Gasteiger partial charge in [-0.3, -0.25) is 0 Å². The molecule has 0 radical (unpaired) electrons. The lowest BCUT2D eigenvalue weighted by molar-refractivity contribution is 0.628. The van der Waals surface area contributed by atoms with E-state index >= 15 is 13.2 Å². The standard InChI is InChI=1S/C46H24F4/c47-27-13-9-25(10-14-27)29-16-11-26-12-17-36-35(19-20-38-42(50)24-40(29)43(26)46(36)38)44-32-7-3-4-8-33(32)45(39-23-28(48)15-18-37(39)44)34-21-22-41(49)31-6-2-1-5-30(31)34/h1-24H. The third-order valence-corrected chi connectivity index (χ3v) is 10.3. The van der Waals surface area contributed by atoms with Gasteiger partial charge < -0.3 is 0 Å². The van der Waals surface area contributed by atoms with Crippen LogP contribution in [0.15, 0.2) is 146 Å². The van der Waals surface area contributed by atoms with Gasteiger partial charge in [0, 0.05) is 16.2 Å². The molecular weight excluding hydrogens is 628 g/mol. The summed E-state index contributed by atoms with van der Waals surface area (Å²) in [7, 11) is 0. The van der Waals surface area contributed by atoms with Crippen LogP contribution in [-0.2, 0) is 0 Å². The second-order valence-electron chi connectivity index (χ2n) is 12.9. The summed E-state index contributed by atoms with van der Waals surface area (Å²) in [6.45, 7) is 0. The second-order valence-corrected chi connectivity index (χ2v) is 12.9. The predicted octanol–water partition coefficient (Wildman–Crippen LogP) is 13.6. The van der Waals surface area contributed by atoms with Crippen LogP contribution in [-0.4, -0.2) is 0 Å². The summed E-state index contributed by atoms with van der Waals surface area (Å²) in [6, 6.07) is 43.2. The normalized spacial score (nSPS) is 12.0. The van der Waals surface area contributed by atoms with Gasteiger partial charge in [-0.2, -0.15) is 0 Å². The van der Waals surface area contributed by atoms with Crippen molar-refractivity contribution in [2.24, 2.45) is 0 Å². The molecule has 0 aliphatic heterocycles. The summed E-state index contributed by atoms with van der Waals surface area (Å²) in [4.78, 5) is 0. The Hall–Kier alpha value is -6.26. The van der Waals surface area contributed by atoms with Gasteiger partial charge in [-0.25, -0.2) is 17.6 Å². The number of fused-ring (bicyclic) bond motifs is 3. The Morgan fingerprint density at radius 2 is 0.860 bits per heavy atom. The highest BCUT2D eigenvalue weighted by atomic mass is 19.1. The van der Waals surface area contributed by atoms with Gasteiger partial charge in [0.25, 0.3) is 0 Å². The zero-order chi connectivity index (χ0) is 33.7. The molecule has 0 aliphatic rings. The largest absolute Gasteiger partial charge is 0.207 e. The average Bonchev–Trinajstić information content (AvgIpc) is 3.14. The Bertz CT molecular complexity index is 3010. The molecule has 0 aromatic heterocycles. The minimum atomic E-state index is -0.378. The number of rotatable bonds is 3. The summed E-state index contributed by atoms with van der Waals surface area (Å²) < 4.78 is 60.3. The first-order valence-corrected chi connectivity index (χ1v) is 16.4. The van der Waals surface area contributed by atoms with Crippen LogP contribution in [0, 0.1) is 23.3 Å². The fourth-order valence-corrected chi connectivity index (χ4v) is 8.15. The lowest BCUT2D eigenvalue weighted by atomic mass is 9.82. The maximum absolute atomic E-state index is 16.1. The van der Waals surface area contributed by atoms with Gasteiger partial charge in [0.2, 0.25) is 0 Å². The maximum Gasteiger partial charge on any atom is 0.131 e. The molecule has 0 atom stereocenters. The highest BCUT2D eigenvalue weighted by molar-refractivity contribution is 6.31. The van der Waals surface area contributed by atoms with Crippen LogP contribution in [0.5, 0.6) is 0 Å². The Morgan fingerprint density at radius 1 is 0.300 bits per heavy atom. The molecule has 4 heteroatoms. The van der Waals surface area contributed by atoms with Gasteiger partial charge in [-0.1, -0.05) is 109 Å². The van der Waals surface area contributed by atoms with E-state index in [0.717, 1.165) is 81.9 Å². The summed E-state index contributed by atoms with van der Waals surface area (Å²) in [5, 5.41) is 9.42. The highest BCUT2D eigenvalue weighted by Crippen LogP contribution is 2.49. The molecule has 0 spiro atoms. The molecule has 0 aliphatic carbocycles. The van der Waals surface area contributed by atoms with Gasteiger partial charge in [0.05, 0.1) is 0 Å². The van der Waals surface area contributed by atoms with E-state index in [1.807, 2.05) is 72.8 Å². The van der Waals surface area contributed by atoms with Crippen LogP contribution in [0.3, 0.4) is 0 Å². The Balaban J connectivity index is 1.35. The molecule has 10 aromatic rings. The van der Waals surface area contributed by atoms with Crippen molar-refractivity contribution in [3.05, 3.63) is 169 Å². The molecule has 10 rings (SSSR count). The summed E-state index contributed by atoms with van der Waals surface area (Å²) in [5.41, 5.74) is 5.05. The van der Waals surface area contributed by atoms with Crippen molar-refractivity contribution < 1.29 is 17.6 Å². The minimum absolute atomic E-state index is 0.316. The fourth-order valence-electron chi connectivity index (χ4n) is 8.15. The van der Waals surface area contributed by atoms with Crippen molar-refractivity contribution >= 4 is 64.6 Å². The molecule has 0 nitrogen and oxygen atoms in total. The molecule has 0 amide bonds. The van der Waals surface area contributed by atoms with Crippen molar-refractivity contribution in [2.75, 3.05) is 0 Å². The van der Waals surface area contributed by atoms with Gasteiger partial charge in [0.1, 0.15) is 23.3 Å². The van der Waals surface area contributed by atoms with E-state index in [2.05, 4.69) is 12.1 Å². The van der Waals surface area contributed by atoms with Crippen molar-refractivity contribution in [3.63, 3.8) is 0 Å². The quantitative estimate of drug-likeness (QED) is 0.101. The molecule has 236 valence electrons. The minimum Gasteiger partial charge on any atom is -0.207 e. The van der Waals surface area contributed by atoms with Gasteiger partial charge in [-0.15, -0.1) is 0 Å². The first-order valence-electron chi connectivity index (χ1n) is 16.4. The second kappa shape index (κ2) is 10.6. The first kappa shape index (κ1) is 28.7. The smallest absolute Gasteiger partial charge is 0.131 e. The monoisotopic (exact) mass is 652 g/mol. The van der Waals surface area contributed by atoms with Crippen LogP contribution >= 0.6 is 0 Å². The van der Waals surface area contributed by atoms with Gasteiger partial charge >= 0.3 is 0 Å². The summed E-state index contributed by atoms with van der Waals surface area (Å²) >= 11 is 0. The van der Waals surface area contributed by atoms with Crippen LogP contribution in [0.4, 0.5) is 17.6 Å². The van der Waals surface area contributed by atoms with Crippen molar-refractivity contribution in [2.45, 2.75) is 0 Å². The SMILES string of the molecule is Fc1ccc(-c2ccc3ccc4c(-c5c6ccccc6c(-c6ccc(F)c7ccccc67)c6cc(F)ccc56)ccc5c(F)cc2c3c54)cc1. The average molecular weight is 653 g/mol. The van der Waals surface area contributed by atoms with E-state index in [-0.39, 0.29) is 23.3 Å². The van der Waals surface area contributed by atoms with E-state index in [1.165, 1.54) is 24.3 Å². The van der Waals surface area contributed by atoms with E-state index in [1.54, 1.807) is 36.4 Å².